The Labute approximate surface area is 96.3 Å². The monoisotopic (exact) mass is 218 g/mol. The molecule has 0 amide bonds. The van der Waals surface area contributed by atoms with Gasteiger partial charge in [0, 0.05) is 12.0 Å². The molecule has 0 heterocycles. The largest absolute Gasteiger partial charge is 0.497 e. The van der Waals surface area contributed by atoms with Crippen LogP contribution in [-0.4, -0.2) is 12.9 Å². The first-order valence-corrected chi connectivity index (χ1v) is 5.77. The van der Waals surface area contributed by atoms with E-state index >= 15 is 0 Å². The molecule has 2 rings (SSSR count). The Bertz CT molecular complexity index is 381. The van der Waals surface area contributed by atoms with Crippen LogP contribution in [0.3, 0.4) is 0 Å². The number of nitrogens with zero attached hydrogens (tertiary/aromatic N) is 1. The standard InChI is InChI=1S/C13H18N2O/c1-16-12-8-4-7-11(9-12)15-13(14)10-5-2-3-6-10/h4,7-10H,2-3,5-6H2,1H3,(H2,14,15). The smallest absolute Gasteiger partial charge is 0.121 e. The van der Waals surface area contributed by atoms with Crippen LogP contribution in [0.4, 0.5) is 5.69 Å². The van der Waals surface area contributed by atoms with E-state index in [0.717, 1.165) is 17.3 Å². The molecule has 1 saturated carbocycles. The lowest BCUT2D eigenvalue weighted by Crippen LogP contribution is -2.20. The van der Waals surface area contributed by atoms with Crippen molar-refractivity contribution >= 4 is 11.5 Å². The normalized spacial score (nSPS) is 17.7. The first-order valence-electron chi connectivity index (χ1n) is 5.77. The summed E-state index contributed by atoms with van der Waals surface area (Å²) in [5, 5.41) is 0. The van der Waals surface area contributed by atoms with Crippen molar-refractivity contribution in [2.75, 3.05) is 7.11 Å². The second-order valence-electron chi connectivity index (χ2n) is 4.22. The minimum absolute atomic E-state index is 0.478. The van der Waals surface area contributed by atoms with Gasteiger partial charge in [-0.2, -0.15) is 0 Å². The lowest BCUT2D eigenvalue weighted by molar-refractivity contribution is 0.415. The quantitative estimate of drug-likeness (QED) is 0.626. The number of ether oxygens (including phenoxy) is 1. The molecule has 0 saturated heterocycles. The number of benzene rings is 1. The van der Waals surface area contributed by atoms with E-state index in [1.54, 1.807) is 7.11 Å². The number of rotatable bonds is 3. The molecule has 0 radical (unpaired) electrons. The second kappa shape index (κ2) is 5.01. The zero-order valence-corrected chi connectivity index (χ0v) is 9.65. The van der Waals surface area contributed by atoms with E-state index in [1.165, 1.54) is 25.7 Å². The average molecular weight is 218 g/mol. The van der Waals surface area contributed by atoms with Crippen LogP contribution < -0.4 is 10.5 Å². The van der Waals surface area contributed by atoms with Gasteiger partial charge in [0.25, 0.3) is 0 Å². The Morgan fingerprint density at radius 1 is 1.38 bits per heavy atom. The zero-order valence-electron chi connectivity index (χ0n) is 9.65. The van der Waals surface area contributed by atoms with Gasteiger partial charge in [0.1, 0.15) is 11.6 Å². The van der Waals surface area contributed by atoms with Gasteiger partial charge < -0.3 is 10.5 Å². The molecule has 86 valence electrons. The van der Waals surface area contributed by atoms with Gasteiger partial charge in [-0.25, -0.2) is 4.99 Å². The maximum Gasteiger partial charge on any atom is 0.121 e. The SMILES string of the molecule is COc1cccc(N=C(N)C2CCCC2)c1. The number of nitrogens with two attached hydrogens (primary N) is 1. The molecule has 0 unspecified atom stereocenters. The van der Waals surface area contributed by atoms with Gasteiger partial charge in [0.05, 0.1) is 12.8 Å². The van der Waals surface area contributed by atoms with Crippen molar-refractivity contribution in [3.05, 3.63) is 24.3 Å². The summed E-state index contributed by atoms with van der Waals surface area (Å²) in [5.41, 5.74) is 6.89. The predicted molar refractivity (Wildman–Crippen MR) is 66.2 cm³/mol. The molecule has 0 aliphatic heterocycles. The Kier molecular flexibility index (Phi) is 3.44. The fraction of sp³-hybridized carbons (Fsp3) is 0.462. The number of hydrogen-bond donors (Lipinski definition) is 1. The van der Waals surface area contributed by atoms with Gasteiger partial charge in [0.2, 0.25) is 0 Å². The molecular weight excluding hydrogens is 200 g/mol. The van der Waals surface area contributed by atoms with Crippen LogP contribution in [0.1, 0.15) is 25.7 Å². The summed E-state index contributed by atoms with van der Waals surface area (Å²) in [6.07, 6.45) is 4.91. The van der Waals surface area contributed by atoms with Crippen LogP contribution >= 0.6 is 0 Å². The van der Waals surface area contributed by atoms with Crippen LogP contribution in [0.25, 0.3) is 0 Å². The number of aliphatic imine (C=N–C) groups is 1. The molecule has 1 aromatic rings. The zero-order chi connectivity index (χ0) is 11.4. The highest BCUT2D eigenvalue weighted by Gasteiger charge is 2.18. The molecule has 2 N–H and O–H groups in total. The van der Waals surface area contributed by atoms with Gasteiger partial charge in [0.15, 0.2) is 0 Å². The molecule has 0 atom stereocenters. The van der Waals surface area contributed by atoms with E-state index in [2.05, 4.69) is 4.99 Å². The number of amidine groups is 1. The van der Waals surface area contributed by atoms with Gasteiger partial charge >= 0.3 is 0 Å². The maximum atomic E-state index is 6.01. The minimum atomic E-state index is 0.478. The Morgan fingerprint density at radius 3 is 2.81 bits per heavy atom. The van der Waals surface area contributed by atoms with Crippen molar-refractivity contribution in [1.29, 1.82) is 0 Å². The molecule has 1 aliphatic rings. The Morgan fingerprint density at radius 2 is 2.12 bits per heavy atom. The predicted octanol–water partition coefficient (Wildman–Crippen LogP) is 2.87. The van der Waals surface area contributed by atoms with Crippen molar-refractivity contribution < 1.29 is 4.74 Å². The Hall–Kier alpha value is -1.51. The van der Waals surface area contributed by atoms with Gasteiger partial charge in [-0.3, -0.25) is 0 Å². The lowest BCUT2D eigenvalue weighted by atomic mass is 10.1. The highest BCUT2D eigenvalue weighted by atomic mass is 16.5. The van der Waals surface area contributed by atoms with Gasteiger partial charge in [-0.15, -0.1) is 0 Å². The third-order valence-corrected chi connectivity index (χ3v) is 3.08. The van der Waals surface area contributed by atoms with E-state index in [-0.39, 0.29) is 0 Å². The van der Waals surface area contributed by atoms with E-state index < -0.39 is 0 Å². The van der Waals surface area contributed by atoms with Gasteiger partial charge in [-0.1, -0.05) is 18.9 Å². The summed E-state index contributed by atoms with van der Waals surface area (Å²) >= 11 is 0. The summed E-state index contributed by atoms with van der Waals surface area (Å²) in [6, 6.07) is 7.69. The van der Waals surface area contributed by atoms with Crippen molar-refractivity contribution in [2.45, 2.75) is 25.7 Å². The number of methoxy groups -OCH3 is 1. The van der Waals surface area contributed by atoms with Crippen LogP contribution in [0.2, 0.25) is 0 Å². The number of hydrogen-bond acceptors (Lipinski definition) is 2. The van der Waals surface area contributed by atoms with E-state index in [4.69, 9.17) is 10.5 Å². The summed E-state index contributed by atoms with van der Waals surface area (Å²) < 4.78 is 5.15. The highest BCUT2D eigenvalue weighted by molar-refractivity contribution is 5.85. The average Bonchev–Trinajstić information content (AvgIpc) is 2.83. The Balaban J connectivity index is 2.14. The maximum absolute atomic E-state index is 6.01. The van der Waals surface area contributed by atoms with Crippen molar-refractivity contribution in [1.82, 2.24) is 0 Å². The molecule has 3 nitrogen and oxygen atoms in total. The minimum Gasteiger partial charge on any atom is -0.497 e. The summed E-state index contributed by atoms with van der Waals surface area (Å²) in [6.45, 7) is 0. The van der Waals surface area contributed by atoms with Crippen LogP contribution in [0.5, 0.6) is 5.75 Å². The lowest BCUT2D eigenvalue weighted by Gasteiger charge is -2.08. The molecule has 0 spiro atoms. The van der Waals surface area contributed by atoms with Crippen molar-refractivity contribution in [3.8, 4) is 5.75 Å². The molecule has 1 aromatic carbocycles. The first-order chi connectivity index (χ1) is 7.79. The van der Waals surface area contributed by atoms with Crippen LogP contribution in [0.15, 0.2) is 29.3 Å². The van der Waals surface area contributed by atoms with E-state index in [0.29, 0.717) is 5.92 Å². The molecule has 0 aromatic heterocycles. The van der Waals surface area contributed by atoms with Crippen LogP contribution in [0, 0.1) is 5.92 Å². The summed E-state index contributed by atoms with van der Waals surface area (Å²) in [7, 11) is 1.66. The summed E-state index contributed by atoms with van der Waals surface area (Å²) in [5.74, 6) is 2.07. The third-order valence-electron chi connectivity index (χ3n) is 3.08. The molecule has 1 fully saturated rings. The fourth-order valence-corrected chi connectivity index (χ4v) is 2.14. The highest BCUT2D eigenvalue weighted by Crippen LogP contribution is 2.27. The topological polar surface area (TPSA) is 47.6 Å². The first kappa shape index (κ1) is 11.0. The second-order valence-corrected chi connectivity index (χ2v) is 4.22. The molecular formula is C13H18N2O. The van der Waals surface area contributed by atoms with Crippen molar-refractivity contribution in [3.63, 3.8) is 0 Å². The van der Waals surface area contributed by atoms with Gasteiger partial charge in [-0.05, 0) is 25.0 Å². The van der Waals surface area contributed by atoms with Crippen molar-refractivity contribution in [2.24, 2.45) is 16.6 Å². The molecule has 3 heteroatoms. The molecule has 0 bridgehead atoms. The van der Waals surface area contributed by atoms with Crippen LogP contribution in [-0.2, 0) is 0 Å². The third kappa shape index (κ3) is 2.54. The molecule has 16 heavy (non-hydrogen) atoms. The van der Waals surface area contributed by atoms with E-state index in [9.17, 15) is 0 Å². The molecule has 1 aliphatic carbocycles. The summed E-state index contributed by atoms with van der Waals surface area (Å²) in [4.78, 5) is 4.46. The fourth-order valence-electron chi connectivity index (χ4n) is 2.14. The van der Waals surface area contributed by atoms with E-state index in [1.807, 2.05) is 24.3 Å².